The molecule has 0 radical (unpaired) electrons. The van der Waals surface area contributed by atoms with E-state index >= 15 is 0 Å². The molecule has 0 saturated heterocycles. The lowest BCUT2D eigenvalue weighted by atomic mass is 10.2. The van der Waals surface area contributed by atoms with E-state index in [9.17, 15) is 9.59 Å². The zero-order valence-electron chi connectivity index (χ0n) is 16.9. The largest absolute Gasteiger partial charge is 0.351 e. The molecule has 1 aromatic heterocycles. The van der Waals surface area contributed by atoms with Crippen LogP contribution in [0.2, 0.25) is 10.0 Å². The minimum Gasteiger partial charge on any atom is -0.351 e. The van der Waals surface area contributed by atoms with E-state index in [2.05, 4.69) is 10.3 Å². The number of carbonyl (C=O) groups is 1. The summed E-state index contributed by atoms with van der Waals surface area (Å²) in [6.45, 7) is 0.711. The molecule has 0 spiro atoms. The number of benzene rings is 3. The molecule has 0 aliphatic rings. The maximum Gasteiger partial charge on any atom is 0.262 e. The molecule has 0 fully saturated rings. The number of thioether (sulfide) groups is 1. The second-order valence-electron chi connectivity index (χ2n) is 7.12. The van der Waals surface area contributed by atoms with E-state index in [1.807, 2.05) is 42.5 Å². The Hall–Kier alpha value is -2.80. The highest BCUT2D eigenvalue weighted by Crippen LogP contribution is 2.20. The molecular weight excluding hydrogens is 465 g/mol. The fourth-order valence-corrected chi connectivity index (χ4v) is 4.37. The van der Waals surface area contributed by atoms with Gasteiger partial charge in [-0.15, -0.1) is 0 Å². The third kappa shape index (κ3) is 5.51. The van der Waals surface area contributed by atoms with Gasteiger partial charge in [0.2, 0.25) is 5.91 Å². The molecule has 4 aromatic rings. The van der Waals surface area contributed by atoms with Gasteiger partial charge >= 0.3 is 0 Å². The first-order chi connectivity index (χ1) is 15.5. The van der Waals surface area contributed by atoms with E-state index in [0.717, 1.165) is 11.1 Å². The molecule has 162 valence electrons. The van der Waals surface area contributed by atoms with Crippen LogP contribution in [0.3, 0.4) is 0 Å². The van der Waals surface area contributed by atoms with Crippen molar-refractivity contribution in [2.75, 3.05) is 5.75 Å². The van der Waals surface area contributed by atoms with Crippen molar-refractivity contribution in [1.29, 1.82) is 0 Å². The van der Waals surface area contributed by atoms with Crippen molar-refractivity contribution < 1.29 is 4.79 Å². The summed E-state index contributed by atoms with van der Waals surface area (Å²) in [6.07, 6.45) is 0. The summed E-state index contributed by atoms with van der Waals surface area (Å²) in [7, 11) is 0. The summed E-state index contributed by atoms with van der Waals surface area (Å²) in [6, 6.07) is 21.8. The van der Waals surface area contributed by atoms with Gasteiger partial charge in [-0.1, -0.05) is 71.4 Å². The van der Waals surface area contributed by atoms with E-state index in [0.29, 0.717) is 39.2 Å². The van der Waals surface area contributed by atoms with Gasteiger partial charge in [-0.3, -0.25) is 14.2 Å². The normalized spacial score (nSPS) is 10.9. The Bertz CT molecular complexity index is 1320. The fourth-order valence-electron chi connectivity index (χ4n) is 3.20. The molecule has 5 nitrogen and oxygen atoms in total. The molecule has 3 aromatic carbocycles. The summed E-state index contributed by atoms with van der Waals surface area (Å²) in [5.41, 5.74) is 2.28. The molecule has 4 rings (SSSR count). The Morgan fingerprint density at radius 3 is 2.50 bits per heavy atom. The first-order valence-electron chi connectivity index (χ1n) is 9.87. The molecular formula is C24H19Cl2N3O2S. The van der Waals surface area contributed by atoms with Gasteiger partial charge < -0.3 is 5.32 Å². The number of carbonyl (C=O) groups excluding carboxylic acids is 1. The van der Waals surface area contributed by atoms with Crippen molar-refractivity contribution in [3.63, 3.8) is 0 Å². The minimum atomic E-state index is -0.153. The topological polar surface area (TPSA) is 64.0 Å². The Kier molecular flexibility index (Phi) is 7.15. The lowest BCUT2D eigenvalue weighted by Gasteiger charge is -2.13. The number of nitrogens with one attached hydrogen (secondary N) is 1. The maximum absolute atomic E-state index is 13.2. The van der Waals surface area contributed by atoms with E-state index in [1.54, 1.807) is 34.9 Å². The molecule has 0 bridgehead atoms. The van der Waals surface area contributed by atoms with Crippen LogP contribution in [0.15, 0.2) is 82.7 Å². The number of hydrogen-bond acceptors (Lipinski definition) is 4. The molecule has 1 heterocycles. The average Bonchev–Trinajstić information content (AvgIpc) is 2.79. The summed E-state index contributed by atoms with van der Waals surface area (Å²) in [5.74, 6) is -0.0184. The zero-order chi connectivity index (χ0) is 22.5. The van der Waals surface area contributed by atoms with Crippen LogP contribution >= 0.6 is 35.0 Å². The van der Waals surface area contributed by atoms with Gasteiger partial charge in [0.15, 0.2) is 5.16 Å². The number of fused-ring (bicyclic) bond motifs is 1. The summed E-state index contributed by atoms with van der Waals surface area (Å²) in [5, 5.41) is 5.14. The van der Waals surface area contributed by atoms with Gasteiger partial charge in [0.05, 0.1) is 23.2 Å². The van der Waals surface area contributed by atoms with Crippen molar-refractivity contribution in [1.82, 2.24) is 14.9 Å². The minimum absolute atomic E-state index is 0.133. The molecule has 0 atom stereocenters. The highest BCUT2D eigenvalue weighted by atomic mass is 35.5. The molecule has 8 heteroatoms. The average molecular weight is 484 g/mol. The molecule has 0 aliphatic heterocycles. The monoisotopic (exact) mass is 483 g/mol. The van der Waals surface area contributed by atoms with Crippen molar-refractivity contribution >= 4 is 51.8 Å². The summed E-state index contributed by atoms with van der Waals surface area (Å²) < 4.78 is 1.59. The van der Waals surface area contributed by atoms with Gasteiger partial charge in [0.1, 0.15) is 0 Å². The highest BCUT2D eigenvalue weighted by molar-refractivity contribution is 7.99. The van der Waals surface area contributed by atoms with Crippen molar-refractivity contribution in [3.05, 3.63) is 104 Å². The SMILES string of the molecule is O=C(CSc1nc2ccccc2c(=O)n1Cc1cccc(Cl)c1)NCc1ccc(Cl)cc1. The first-order valence-corrected chi connectivity index (χ1v) is 11.6. The lowest BCUT2D eigenvalue weighted by molar-refractivity contribution is -0.118. The van der Waals surface area contributed by atoms with Gasteiger partial charge in [-0.05, 0) is 47.5 Å². The van der Waals surface area contributed by atoms with Gasteiger partial charge in [0.25, 0.3) is 5.56 Å². The van der Waals surface area contributed by atoms with E-state index in [4.69, 9.17) is 23.2 Å². The Morgan fingerprint density at radius 1 is 0.938 bits per heavy atom. The van der Waals surface area contributed by atoms with Crippen LogP contribution in [-0.4, -0.2) is 21.2 Å². The van der Waals surface area contributed by atoms with Crippen LogP contribution in [0, 0.1) is 0 Å². The first kappa shape index (κ1) is 22.4. The van der Waals surface area contributed by atoms with Crippen molar-refractivity contribution in [3.8, 4) is 0 Å². The van der Waals surface area contributed by atoms with Crippen LogP contribution < -0.4 is 10.9 Å². The third-order valence-corrected chi connectivity index (χ3v) is 6.26. The lowest BCUT2D eigenvalue weighted by Crippen LogP contribution is -2.27. The van der Waals surface area contributed by atoms with Crippen molar-refractivity contribution in [2.45, 2.75) is 18.2 Å². The number of hydrogen-bond donors (Lipinski definition) is 1. The fraction of sp³-hybridized carbons (Fsp3) is 0.125. The molecule has 0 saturated carbocycles. The van der Waals surface area contributed by atoms with Gasteiger partial charge in [-0.2, -0.15) is 0 Å². The number of rotatable bonds is 7. The van der Waals surface area contributed by atoms with Gasteiger partial charge in [-0.25, -0.2) is 4.98 Å². The number of halogens is 2. The highest BCUT2D eigenvalue weighted by Gasteiger charge is 2.14. The predicted molar refractivity (Wildman–Crippen MR) is 131 cm³/mol. The standard InChI is InChI=1S/C24H19Cl2N3O2S/c25-18-10-8-16(9-11-18)13-27-22(30)15-32-24-28-21-7-2-1-6-20(21)23(31)29(24)14-17-4-3-5-19(26)12-17/h1-12H,13-15H2,(H,27,30). The summed E-state index contributed by atoms with van der Waals surface area (Å²) >= 11 is 13.2. The van der Waals surface area contributed by atoms with Crippen LogP contribution in [-0.2, 0) is 17.9 Å². The number of aromatic nitrogens is 2. The number of para-hydroxylation sites is 1. The van der Waals surface area contributed by atoms with E-state index in [-0.39, 0.29) is 17.2 Å². The third-order valence-electron chi connectivity index (χ3n) is 4.79. The Labute approximate surface area is 199 Å². The Morgan fingerprint density at radius 2 is 1.72 bits per heavy atom. The molecule has 0 unspecified atom stereocenters. The van der Waals surface area contributed by atoms with Crippen LogP contribution in [0.4, 0.5) is 0 Å². The second kappa shape index (κ2) is 10.2. The van der Waals surface area contributed by atoms with Gasteiger partial charge in [0, 0.05) is 16.6 Å². The van der Waals surface area contributed by atoms with Crippen LogP contribution in [0.5, 0.6) is 0 Å². The smallest absolute Gasteiger partial charge is 0.262 e. The summed E-state index contributed by atoms with van der Waals surface area (Å²) in [4.78, 5) is 30.3. The van der Waals surface area contributed by atoms with Crippen LogP contribution in [0.1, 0.15) is 11.1 Å². The molecule has 32 heavy (non-hydrogen) atoms. The molecule has 1 amide bonds. The maximum atomic E-state index is 13.2. The second-order valence-corrected chi connectivity index (χ2v) is 8.94. The van der Waals surface area contributed by atoms with Crippen molar-refractivity contribution in [2.24, 2.45) is 0 Å². The quantitative estimate of drug-likeness (QED) is 0.291. The number of nitrogens with zero attached hydrogens (tertiary/aromatic N) is 2. The van der Waals surface area contributed by atoms with E-state index < -0.39 is 0 Å². The Balaban J connectivity index is 1.54. The molecule has 0 aliphatic carbocycles. The zero-order valence-corrected chi connectivity index (χ0v) is 19.3. The predicted octanol–water partition coefficient (Wildman–Crippen LogP) is 5.16. The number of amides is 1. The molecule has 1 N–H and O–H groups in total. The van der Waals surface area contributed by atoms with Crippen LogP contribution in [0.25, 0.3) is 10.9 Å². The van der Waals surface area contributed by atoms with E-state index in [1.165, 1.54) is 11.8 Å².